The molecule has 1 aliphatic carbocycles. The summed E-state index contributed by atoms with van der Waals surface area (Å²) in [6, 6.07) is 1.59. The van der Waals surface area contributed by atoms with E-state index in [0.29, 0.717) is 19.0 Å². The minimum absolute atomic E-state index is 0.0533. The summed E-state index contributed by atoms with van der Waals surface area (Å²) in [5.41, 5.74) is 4.44. The molecule has 23 heavy (non-hydrogen) atoms. The fourth-order valence-electron chi connectivity index (χ4n) is 2.97. The molecule has 3 N–H and O–H groups in total. The van der Waals surface area contributed by atoms with E-state index in [1.165, 1.54) is 11.9 Å². The van der Waals surface area contributed by atoms with Crippen molar-refractivity contribution in [1.29, 1.82) is 0 Å². The van der Waals surface area contributed by atoms with Gasteiger partial charge in [0.05, 0.1) is 22.7 Å². The highest BCUT2D eigenvalue weighted by atomic mass is 19.1. The van der Waals surface area contributed by atoms with Crippen LogP contribution in [0.1, 0.15) is 36.0 Å². The number of carbonyl (C=O) groups excluding carboxylic acids is 1. The van der Waals surface area contributed by atoms with Gasteiger partial charge in [-0.05, 0) is 18.9 Å². The highest BCUT2D eigenvalue weighted by Crippen LogP contribution is 2.29. The number of amides is 1. The number of rotatable bonds is 4. The Hall–Kier alpha value is -2.22. The van der Waals surface area contributed by atoms with Crippen LogP contribution < -0.4 is 5.73 Å². The molecule has 7 nitrogen and oxygen atoms in total. The van der Waals surface area contributed by atoms with E-state index in [-0.39, 0.29) is 17.2 Å². The first-order valence-corrected chi connectivity index (χ1v) is 7.48. The van der Waals surface area contributed by atoms with Crippen molar-refractivity contribution in [2.45, 2.75) is 31.8 Å². The number of halogens is 1. The fourth-order valence-corrected chi connectivity index (χ4v) is 2.97. The van der Waals surface area contributed by atoms with E-state index < -0.39 is 28.4 Å². The lowest BCUT2D eigenvalue weighted by molar-refractivity contribution is -0.384. The molecule has 0 aromatic heterocycles. The van der Waals surface area contributed by atoms with Gasteiger partial charge >= 0.3 is 0 Å². The number of aliphatic hydroxyl groups is 1. The second-order valence-corrected chi connectivity index (χ2v) is 5.94. The summed E-state index contributed by atoms with van der Waals surface area (Å²) in [5.74, 6) is -1.54. The zero-order valence-electron chi connectivity index (χ0n) is 12.9. The van der Waals surface area contributed by atoms with Crippen molar-refractivity contribution in [2.24, 2.45) is 5.92 Å². The second kappa shape index (κ2) is 6.91. The van der Waals surface area contributed by atoms with E-state index in [1.54, 1.807) is 0 Å². The minimum Gasteiger partial charge on any atom is -0.393 e. The molecule has 1 amide bonds. The molecule has 0 radical (unpaired) electrons. The van der Waals surface area contributed by atoms with Crippen LogP contribution in [-0.4, -0.2) is 40.5 Å². The molecule has 1 fully saturated rings. The van der Waals surface area contributed by atoms with Crippen LogP contribution in [0.2, 0.25) is 0 Å². The van der Waals surface area contributed by atoms with Gasteiger partial charge in [0.25, 0.3) is 11.6 Å². The summed E-state index contributed by atoms with van der Waals surface area (Å²) in [6.45, 7) is 0.295. The molecule has 1 aliphatic rings. The Morgan fingerprint density at radius 1 is 1.48 bits per heavy atom. The molecule has 2 rings (SSSR count). The maximum atomic E-state index is 13.5. The number of benzene rings is 1. The van der Waals surface area contributed by atoms with Crippen molar-refractivity contribution in [3.8, 4) is 0 Å². The number of nitrogen functional groups attached to an aromatic ring is 1. The summed E-state index contributed by atoms with van der Waals surface area (Å²) in [6.07, 6.45) is 2.96. The average molecular weight is 325 g/mol. The molecule has 0 saturated heterocycles. The fraction of sp³-hybridized carbons (Fsp3) is 0.533. The van der Waals surface area contributed by atoms with E-state index in [0.717, 1.165) is 25.3 Å². The number of nitrogens with zero attached hydrogens (tertiary/aromatic N) is 2. The first kappa shape index (κ1) is 17.1. The van der Waals surface area contributed by atoms with Crippen molar-refractivity contribution in [3.05, 3.63) is 33.6 Å². The summed E-state index contributed by atoms with van der Waals surface area (Å²) in [4.78, 5) is 23.8. The number of nitro benzene ring substituents is 1. The topological polar surface area (TPSA) is 110 Å². The van der Waals surface area contributed by atoms with Crippen LogP contribution in [0.3, 0.4) is 0 Å². The molecule has 0 heterocycles. The summed E-state index contributed by atoms with van der Waals surface area (Å²) in [5, 5.41) is 20.9. The predicted octanol–water partition coefficient (Wildman–Crippen LogP) is 1.94. The van der Waals surface area contributed by atoms with E-state index >= 15 is 0 Å². The molecule has 2 atom stereocenters. The summed E-state index contributed by atoms with van der Waals surface area (Å²) >= 11 is 0. The number of hydrogen-bond donors (Lipinski definition) is 2. The molecule has 0 spiro atoms. The summed E-state index contributed by atoms with van der Waals surface area (Å²) < 4.78 is 13.5. The van der Waals surface area contributed by atoms with Crippen LogP contribution in [-0.2, 0) is 0 Å². The molecular formula is C15H20FN3O4. The molecule has 1 aromatic carbocycles. The Morgan fingerprint density at radius 3 is 2.74 bits per heavy atom. The molecule has 1 aromatic rings. The third-order valence-electron chi connectivity index (χ3n) is 4.27. The Balaban J connectivity index is 2.20. The van der Waals surface area contributed by atoms with E-state index in [1.807, 2.05) is 0 Å². The SMILES string of the molecule is CN(CC1CCCCC1O)C(=O)c1cc(F)cc([N+](=O)[O-])c1N. The highest BCUT2D eigenvalue weighted by Gasteiger charge is 2.28. The molecule has 8 heteroatoms. The van der Waals surface area contributed by atoms with Crippen LogP contribution in [0.25, 0.3) is 0 Å². The van der Waals surface area contributed by atoms with Crippen LogP contribution in [0, 0.1) is 21.8 Å². The van der Waals surface area contributed by atoms with Crippen molar-refractivity contribution >= 4 is 17.3 Å². The van der Waals surface area contributed by atoms with Crippen molar-refractivity contribution in [3.63, 3.8) is 0 Å². The molecule has 0 bridgehead atoms. The van der Waals surface area contributed by atoms with Crippen molar-refractivity contribution in [1.82, 2.24) is 4.90 Å². The monoisotopic (exact) mass is 325 g/mol. The van der Waals surface area contributed by atoms with E-state index in [9.17, 15) is 24.4 Å². The number of nitrogens with two attached hydrogens (primary N) is 1. The van der Waals surface area contributed by atoms with Gasteiger partial charge in [0.2, 0.25) is 0 Å². The molecule has 1 saturated carbocycles. The lowest BCUT2D eigenvalue weighted by Gasteiger charge is -2.31. The van der Waals surface area contributed by atoms with Gasteiger partial charge < -0.3 is 15.7 Å². The van der Waals surface area contributed by atoms with Gasteiger partial charge in [0.1, 0.15) is 11.5 Å². The number of aliphatic hydroxyl groups excluding tert-OH is 1. The molecular weight excluding hydrogens is 305 g/mol. The standard InChI is InChI=1S/C15H20FN3O4/c1-18(8-9-4-2-3-5-13(9)20)15(21)11-6-10(16)7-12(14(11)17)19(22)23/h6-7,9,13,20H,2-5,8,17H2,1H3. The van der Waals surface area contributed by atoms with Gasteiger partial charge in [-0.25, -0.2) is 4.39 Å². The zero-order valence-corrected chi connectivity index (χ0v) is 12.9. The Bertz CT molecular complexity index is 623. The average Bonchev–Trinajstić information content (AvgIpc) is 2.50. The number of hydrogen-bond acceptors (Lipinski definition) is 5. The molecule has 2 unspecified atom stereocenters. The number of nitro groups is 1. The Labute approximate surface area is 133 Å². The van der Waals surface area contributed by atoms with Crippen LogP contribution in [0.4, 0.5) is 15.8 Å². The third kappa shape index (κ3) is 3.76. The first-order chi connectivity index (χ1) is 10.8. The van der Waals surface area contributed by atoms with Crippen LogP contribution in [0.15, 0.2) is 12.1 Å². The normalized spacial score (nSPS) is 21.0. The zero-order chi connectivity index (χ0) is 17.1. The molecule has 0 aliphatic heterocycles. The molecule has 126 valence electrons. The van der Waals surface area contributed by atoms with E-state index in [2.05, 4.69) is 0 Å². The van der Waals surface area contributed by atoms with Crippen LogP contribution in [0.5, 0.6) is 0 Å². The van der Waals surface area contributed by atoms with Gasteiger partial charge in [0.15, 0.2) is 0 Å². The van der Waals surface area contributed by atoms with Gasteiger partial charge in [-0.3, -0.25) is 14.9 Å². The number of carbonyl (C=O) groups is 1. The van der Waals surface area contributed by atoms with Gasteiger partial charge in [-0.15, -0.1) is 0 Å². The number of anilines is 1. The van der Waals surface area contributed by atoms with Gasteiger partial charge in [0, 0.05) is 19.5 Å². The predicted molar refractivity (Wildman–Crippen MR) is 82.4 cm³/mol. The van der Waals surface area contributed by atoms with Gasteiger partial charge in [-0.2, -0.15) is 0 Å². The second-order valence-electron chi connectivity index (χ2n) is 5.94. The highest BCUT2D eigenvalue weighted by molar-refractivity contribution is 6.00. The maximum absolute atomic E-state index is 13.5. The lowest BCUT2D eigenvalue weighted by atomic mass is 9.86. The van der Waals surface area contributed by atoms with E-state index in [4.69, 9.17) is 5.73 Å². The van der Waals surface area contributed by atoms with Gasteiger partial charge in [-0.1, -0.05) is 12.8 Å². The Morgan fingerprint density at radius 2 is 2.13 bits per heavy atom. The minimum atomic E-state index is -0.889. The van der Waals surface area contributed by atoms with Crippen molar-refractivity contribution < 1.29 is 19.2 Å². The van der Waals surface area contributed by atoms with Crippen molar-refractivity contribution in [2.75, 3.05) is 19.3 Å². The first-order valence-electron chi connectivity index (χ1n) is 7.48. The Kier molecular flexibility index (Phi) is 5.15. The summed E-state index contributed by atoms with van der Waals surface area (Å²) in [7, 11) is 1.51. The maximum Gasteiger partial charge on any atom is 0.295 e. The largest absolute Gasteiger partial charge is 0.393 e. The smallest absolute Gasteiger partial charge is 0.295 e. The lowest BCUT2D eigenvalue weighted by Crippen LogP contribution is -2.38. The quantitative estimate of drug-likeness (QED) is 0.499. The third-order valence-corrected chi connectivity index (χ3v) is 4.27. The van der Waals surface area contributed by atoms with Crippen LogP contribution >= 0.6 is 0 Å².